The van der Waals surface area contributed by atoms with Gasteiger partial charge in [0.25, 0.3) is 0 Å². The fraction of sp³-hybridized carbons (Fsp3) is 0.235. The maximum absolute atomic E-state index is 10.0. The van der Waals surface area contributed by atoms with Crippen LogP contribution in [0, 0.1) is 0 Å². The zero-order valence-electron chi connectivity index (χ0n) is 12.3. The number of aryl methyl sites for hydroxylation is 1. The standard InChI is InChI=1S/C17H18N2O2S/c1-19-9-8-18-17(19)22-12-15(20)11-21-16-7-6-13-4-2-3-5-14(13)10-16/h2-10,15,20H,11-12H2,1H3/t15-/m0/s1. The second kappa shape index (κ2) is 6.85. The first kappa shape index (κ1) is 14.9. The van der Waals surface area contributed by atoms with Crippen molar-refractivity contribution in [1.82, 2.24) is 9.55 Å². The summed E-state index contributed by atoms with van der Waals surface area (Å²) in [6.45, 7) is 0.274. The number of benzene rings is 2. The fourth-order valence-electron chi connectivity index (χ4n) is 2.16. The number of thioether (sulfide) groups is 1. The molecule has 0 fully saturated rings. The van der Waals surface area contributed by atoms with Gasteiger partial charge in [-0.2, -0.15) is 0 Å². The van der Waals surface area contributed by atoms with Crippen LogP contribution in [0.4, 0.5) is 0 Å². The Bertz CT molecular complexity index is 757. The van der Waals surface area contributed by atoms with Crippen LogP contribution in [0.3, 0.4) is 0 Å². The lowest BCUT2D eigenvalue weighted by Crippen LogP contribution is -2.20. The number of aliphatic hydroxyl groups excluding tert-OH is 1. The van der Waals surface area contributed by atoms with Gasteiger partial charge in [-0.1, -0.05) is 42.1 Å². The molecule has 1 heterocycles. The Morgan fingerprint density at radius 3 is 2.82 bits per heavy atom. The maximum Gasteiger partial charge on any atom is 0.167 e. The van der Waals surface area contributed by atoms with Crippen LogP contribution in [0.25, 0.3) is 10.8 Å². The average Bonchev–Trinajstić information content (AvgIpc) is 2.96. The second-order valence-corrected chi connectivity index (χ2v) is 6.09. The van der Waals surface area contributed by atoms with Gasteiger partial charge in [0, 0.05) is 25.2 Å². The molecule has 4 nitrogen and oxygen atoms in total. The van der Waals surface area contributed by atoms with Crippen molar-refractivity contribution in [3.63, 3.8) is 0 Å². The summed E-state index contributed by atoms with van der Waals surface area (Å²) in [7, 11) is 1.94. The normalized spacial score (nSPS) is 12.5. The van der Waals surface area contributed by atoms with Gasteiger partial charge in [0.2, 0.25) is 0 Å². The van der Waals surface area contributed by atoms with E-state index >= 15 is 0 Å². The van der Waals surface area contributed by atoms with Gasteiger partial charge in [-0.15, -0.1) is 0 Å². The Balaban J connectivity index is 1.53. The van der Waals surface area contributed by atoms with E-state index in [0.717, 1.165) is 16.3 Å². The highest BCUT2D eigenvalue weighted by molar-refractivity contribution is 7.99. The topological polar surface area (TPSA) is 47.3 Å². The van der Waals surface area contributed by atoms with Crippen LogP contribution >= 0.6 is 11.8 Å². The highest BCUT2D eigenvalue weighted by Gasteiger charge is 2.09. The first-order chi connectivity index (χ1) is 10.7. The van der Waals surface area contributed by atoms with Crippen molar-refractivity contribution < 1.29 is 9.84 Å². The van der Waals surface area contributed by atoms with Gasteiger partial charge in [0.15, 0.2) is 5.16 Å². The summed E-state index contributed by atoms with van der Waals surface area (Å²) in [6.07, 6.45) is 3.11. The van der Waals surface area contributed by atoms with E-state index in [4.69, 9.17) is 4.74 Å². The zero-order valence-corrected chi connectivity index (χ0v) is 13.2. The second-order valence-electron chi connectivity index (χ2n) is 5.11. The minimum atomic E-state index is -0.534. The number of rotatable bonds is 6. The number of nitrogens with zero attached hydrogens (tertiary/aromatic N) is 2. The van der Waals surface area contributed by atoms with E-state index in [0.29, 0.717) is 5.75 Å². The maximum atomic E-state index is 10.0. The molecule has 1 N–H and O–H groups in total. The predicted molar refractivity (Wildman–Crippen MR) is 89.4 cm³/mol. The van der Waals surface area contributed by atoms with E-state index in [1.807, 2.05) is 48.1 Å². The minimum Gasteiger partial charge on any atom is -0.491 e. The highest BCUT2D eigenvalue weighted by atomic mass is 32.2. The molecule has 0 saturated heterocycles. The third-order valence-corrected chi connectivity index (χ3v) is 4.55. The molecular formula is C17H18N2O2S. The SMILES string of the molecule is Cn1ccnc1SC[C@@H](O)COc1ccc2ccccc2c1. The molecule has 3 aromatic rings. The lowest BCUT2D eigenvalue weighted by Gasteiger charge is -2.12. The molecule has 0 radical (unpaired) electrons. The van der Waals surface area contributed by atoms with Crippen LogP contribution in [0.15, 0.2) is 60.0 Å². The third-order valence-electron chi connectivity index (χ3n) is 3.35. The number of aromatic nitrogens is 2. The van der Waals surface area contributed by atoms with Crippen molar-refractivity contribution in [2.24, 2.45) is 7.05 Å². The molecule has 1 aromatic heterocycles. The van der Waals surface area contributed by atoms with E-state index in [2.05, 4.69) is 17.1 Å². The molecule has 0 amide bonds. The molecule has 0 aliphatic carbocycles. The molecule has 0 spiro atoms. The monoisotopic (exact) mass is 314 g/mol. The summed E-state index contributed by atoms with van der Waals surface area (Å²) < 4.78 is 7.62. The number of aliphatic hydroxyl groups is 1. The fourth-order valence-corrected chi connectivity index (χ4v) is 3.00. The molecule has 2 aromatic carbocycles. The van der Waals surface area contributed by atoms with Crippen molar-refractivity contribution in [2.45, 2.75) is 11.3 Å². The van der Waals surface area contributed by atoms with Gasteiger partial charge in [-0.3, -0.25) is 0 Å². The van der Waals surface area contributed by atoms with Gasteiger partial charge in [0.05, 0.1) is 6.10 Å². The zero-order chi connectivity index (χ0) is 15.4. The van der Waals surface area contributed by atoms with Gasteiger partial charge in [-0.25, -0.2) is 4.98 Å². The summed E-state index contributed by atoms with van der Waals surface area (Å²) in [5.74, 6) is 1.33. The lowest BCUT2D eigenvalue weighted by atomic mass is 10.1. The Morgan fingerprint density at radius 2 is 2.05 bits per heavy atom. The largest absolute Gasteiger partial charge is 0.491 e. The molecular weight excluding hydrogens is 296 g/mol. The molecule has 114 valence electrons. The number of hydrogen-bond donors (Lipinski definition) is 1. The Hall–Kier alpha value is -1.98. The Kier molecular flexibility index (Phi) is 4.65. The van der Waals surface area contributed by atoms with Crippen LogP contribution in [-0.2, 0) is 7.05 Å². The smallest absolute Gasteiger partial charge is 0.167 e. The summed E-state index contributed by atoms with van der Waals surface area (Å²) in [4.78, 5) is 4.21. The molecule has 0 aliphatic rings. The first-order valence-electron chi connectivity index (χ1n) is 7.12. The van der Waals surface area contributed by atoms with Gasteiger partial charge in [0.1, 0.15) is 12.4 Å². The van der Waals surface area contributed by atoms with Crippen LogP contribution in [-0.4, -0.2) is 33.1 Å². The van der Waals surface area contributed by atoms with Crippen molar-refractivity contribution in [3.8, 4) is 5.75 Å². The van der Waals surface area contributed by atoms with Crippen molar-refractivity contribution >= 4 is 22.5 Å². The Labute approximate surface area is 133 Å². The van der Waals surface area contributed by atoms with Crippen LogP contribution in [0.2, 0.25) is 0 Å². The number of ether oxygens (including phenoxy) is 1. The average molecular weight is 314 g/mol. The van der Waals surface area contributed by atoms with Crippen molar-refractivity contribution in [2.75, 3.05) is 12.4 Å². The summed E-state index contributed by atoms with van der Waals surface area (Å²) in [5.41, 5.74) is 0. The van der Waals surface area contributed by atoms with Gasteiger partial charge >= 0.3 is 0 Å². The van der Waals surface area contributed by atoms with E-state index in [1.54, 1.807) is 6.20 Å². The highest BCUT2D eigenvalue weighted by Crippen LogP contribution is 2.21. The van der Waals surface area contributed by atoms with E-state index in [-0.39, 0.29) is 6.61 Å². The molecule has 22 heavy (non-hydrogen) atoms. The Morgan fingerprint density at radius 1 is 1.23 bits per heavy atom. The lowest BCUT2D eigenvalue weighted by molar-refractivity contribution is 0.126. The van der Waals surface area contributed by atoms with E-state index < -0.39 is 6.10 Å². The van der Waals surface area contributed by atoms with Gasteiger partial charge < -0.3 is 14.4 Å². The summed E-state index contributed by atoms with van der Waals surface area (Å²) >= 11 is 1.52. The molecule has 0 saturated carbocycles. The predicted octanol–water partition coefficient (Wildman–Crippen LogP) is 3.11. The van der Waals surface area contributed by atoms with Gasteiger partial charge in [-0.05, 0) is 22.9 Å². The molecule has 1 atom stereocenters. The molecule has 5 heteroatoms. The van der Waals surface area contributed by atoms with E-state index in [1.165, 1.54) is 17.1 Å². The molecule has 0 aliphatic heterocycles. The first-order valence-corrected chi connectivity index (χ1v) is 8.11. The number of imidazole rings is 1. The molecule has 3 rings (SSSR count). The minimum absolute atomic E-state index is 0.274. The van der Waals surface area contributed by atoms with Crippen LogP contribution < -0.4 is 4.74 Å². The van der Waals surface area contributed by atoms with E-state index in [9.17, 15) is 5.11 Å². The van der Waals surface area contributed by atoms with Crippen LogP contribution in [0.1, 0.15) is 0 Å². The number of fused-ring (bicyclic) bond motifs is 1. The summed E-state index contributed by atoms with van der Waals surface area (Å²) in [5, 5.41) is 13.2. The van der Waals surface area contributed by atoms with Crippen molar-refractivity contribution in [3.05, 3.63) is 54.9 Å². The third kappa shape index (κ3) is 3.61. The molecule has 0 bridgehead atoms. The van der Waals surface area contributed by atoms with Crippen molar-refractivity contribution in [1.29, 1.82) is 0 Å². The summed E-state index contributed by atoms with van der Waals surface area (Å²) in [6, 6.07) is 14.1. The quantitative estimate of drug-likeness (QED) is 0.710. The number of hydrogen-bond acceptors (Lipinski definition) is 4. The van der Waals surface area contributed by atoms with Crippen LogP contribution in [0.5, 0.6) is 5.75 Å². The molecule has 0 unspecified atom stereocenters.